The van der Waals surface area contributed by atoms with Gasteiger partial charge in [-0.25, -0.2) is 0 Å². The summed E-state index contributed by atoms with van der Waals surface area (Å²) in [7, 11) is 0. The van der Waals surface area contributed by atoms with Crippen molar-refractivity contribution in [1.82, 2.24) is 0 Å². The summed E-state index contributed by atoms with van der Waals surface area (Å²) in [6.45, 7) is 0. The average molecular weight is 519 g/mol. The average Bonchev–Trinajstić information content (AvgIpc) is 2.71. The van der Waals surface area contributed by atoms with Crippen molar-refractivity contribution in [3.8, 4) is 5.75 Å². The van der Waals surface area contributed by atoms with Crippen LogP contribution in [0.4, 0.5) is 17.1 Å². The number of aliphatic imine (C=N–C) groups is 1. The molecule has 0 saturated heterocycles. The van der Waals surface area contributed by atoms with Crippen molar-refractivity contribution in [2.75, 3.05) is 5.32 Å². The van der Waals surface area contributed by atoms with Gasteiger partial charge in [-0.3, -0.25) is 19.9 Å². The molecule has 0 unspecified atom stereocenters. The summed E-state index contributed by atoms with van der Waals surface area (Å²) in [6, 6.07) is 16.3. The van der Waals surface area contributed by atoms with Crippen molar-refractivity contribution in [2.45, 2.75) is 0 Å². The number of nitro groups is 1. The van der Waals surface area contributed by atoms with Crippen molar-refractivity contribution in [1.29, 1.82) is 0 Å². The molecular formula is C20H13Br2N3O4. The van der Waals surface area contributed by atoms with Gasteiger partial charge in [-0.15, -0.1) is 0 Å². The Morgan fingerprint density at radius 3 is 2.45 bits per heavy atom. The molecule has 0 aliphatic rings. The van der Waals surface area contributed by atoms with E-state index in [-0.39, 0.29) is 27.4 Å². The van der Waals surface area contributed by atoms with E-state index in [2.05, 4.69) is 42.2 Å². The van der Waals surface area contributed by atoms with E-state index in [0.29, 0.717) is 21.4 Å². The van der Waals surface area contributed by atoms with Crippen LogP contribution >= 0.6 is 31.9 Å². The van der Waals surface area contributed by atoms with Crippen molar-refractivity contribution >= 4 is 61.0 Å². The smallest absolute Gasteiger partial charge is 0.271 e. The Morgan fingerprint density at radius 2 is 1.79 bits per heavy atom. The molecule has 0 aromatic heterocycles. The molecule has 0 aliphatic carbocycles. The topological polar surface area (TPSA) is 105 Å². The zero-order valence-electron chi connectivity index (χ0n) is 14.7. The molecule has 7 nitrogen and oxygen atoms in total. The molecule has 3 aromatic carbocycles. The number of aromatic hydroxyl groups is 1. The SMILES string of the molecule is O=C(Nc1ccc(N=Cc2cc([N+](=O)[O-])cc(Br)c2O)cc1Br)c1ccccc1. The Kier molecular flexibility index (Phi) is 6.40. The molecule has 3 aromatic rings. The van der Waals surface area contributed by atoms with Gasteiger partial charge in [0, 0.05) is 33.9 Å². The van der Waals surface area contributed by atoms with E-state index in [1.165, 1.54) is 18.3 Å². The van der Waals surface area contributed by atoms with Gasteiger partial charge in [0.15, 0.2) is 0 Å². The van der Waals surface area contributed by atoms with E-state index in [1.54, 1.807) is 42.5 Å². The summed E-state index contributed by atoms with van der Waals surface area (Å²) in [6.07, 6.45) is 1.33. The molecule has 0 saturated carbocycles. The number of carbonyl (C=O) groups is 1. The van der Waals surface area contributed by atoms with Gasteiger partial charge < -0.3 is 10.4 Å². The first-order chi connectivity index (χ1) is 13.8. The number of nitrogens with zero attached hydrogens (tertiary/aromatic N) is 2. The third-order valence-electron chi connectivity index (χ3n) is 3.88. The normalized spacial score (nSPS) is 10.8. The van der Waals surface area contributed by atoms with Crippen molar-refractivity contribution in [2.24, 2.45) is 4.99 Å². The third-order valence-corrected chi connectivity index (χ3v) is 5.14. The predicted octanol–water partition coefficient (Wildman–Crippen LogP) is 5.83. The van der Waals surface area contributed by atoms with Crippen LogP contribution in [0.3, 0.4) is 0 Å². The Balaban J connectivity index is 1.81. The third kappa shape index (κ3) is 5.07. The summed E-state index contributed by atoms with van der Waals surface area (Å²) in [5.41, 5.74) is 1.66. The van der Waals surface area contributed by atoms with Crippen LogP contribution in [0, 0.1) is 10.1 Å². The van der Waals surface area contributed by atoms with Gasteiger partial charge >= 0.3 is 0 Å². The quantitative estimate of drug-likeness (QED) is 0.252. The van der Waals surface area contributed by atoms with E-state index < -0.39 is 4.92 Å². The van der Waals surface area contributed by atoms with Gasteiger partial charge in [0.2, 0.25) is 0 Å². The second kappa shape index (κ2) is 8.97. The van der Waals surface area contributed by atoms with Gasteiger partial charge in [-0.1, -0.05) is 18.2 Å². The molecule has 2 N–H and O–H groups in total. The molecule has 0 bridgehead atoms. The van der Waals surface area contributed by atoms with E-state index in [0.717, 1.165) is 0 Å². The zero-order chi connectivity index (χ0) is 21.0. The molecule has 146 valence electrons. The standard InChI is InChI=1S/C20H13Br2N3O4/c21-16-9-14(6-7-18(16)24-20(27)12-4-2-1-3-5-12)23-11-13-8-15(25(28)29)10-17(22)19(13)26/h1-11,26H,(H,24,27). The number of anilines is 1. The van der Waals surface area contributed by atoms with Crippen molar-refractivity contribution in [3.05, 3.63) is 90.9 Å². The number of phenolic OH excluding ortho intramolecular Hbond substituents is 1. The second-order valence-corrected chi connectivity index (χ2v) is 7.57. The molecule has 0 fully saturated rings. The molecule has 9 heteroatoms. The lowest BCUT2D eigenvalue weighted by Gasteiger charge is -2.08. The van der Waals surface area contributed by atoms with Crippen LogP contribution in [0.5, 0.6) is 5.75 Å². The highest BCUT2D eigenvalue weighted by molar-refractivity contribution is 9.11. The maximum absolute atomic E-state index is 12.3. The number of hydrogen-bond acceptors (Lipinski definition) is 5. The monoisotopic (exact) mass is 517 g/mol. The van der Waals surface area contributed by atoms with E-state index in [1.807, 2.05) is 6.07 Å². The number of phenols is 1. The largest absolute Gasteiger partial charge is 0.506 e. The lowest BCUT2D eigenvalue weighted by molar-refractivity contribution is -0.385. The highest BCUT2D eigenvalue weighted by atomic mass is 79.9. The fourth-order valence-electron chi connectivity index (χ4n) is 2.42. The molecular weight excluding hydrogens is 506 g/mol. The minimum atomic E-state index is -0.553. The molecule has 0 heterocycles. The first-order valence-electron chi connectivity index (χ1n) is 8.22. The lowest BCUT2D eigenvalue weighted by atomic mass is 10.2. The number of non-ortho nitro benzene ring substituents is 1. The minimum absolute atomic E-state index is 0.148. The van der Waals surface area contributed by atoms with Crippen molar-refractivity contribution < 1.29 is 14.8 Å². The molecule has 1 amide bonds. The number of nitrogens with one attached hydrogen (secondary N) is 1. The summed E-state index contributed by atoms with van der Waals surface area (Å²) in [4.78, 5) is 26.9. The highest BCUT2D eigenvalue weighted by Crippen LogP contribution is 2.32. The van der Waals surface area contributed by atoms with Gasteiger partial charge in [-0.05, 0) is 62.2 Å². The maximum Gasteiger partial charge on any atom is 0.271 e. The van der Waals surface area contributed by atoms with Crippen LogP contribution in [0.2, 0.25) is 0 Å². The Morgan fingerprint density at radius 1 is 1.07 bits per heavy atom. The number of halogens is 2. The fraction of sp³-hybridized carbons (Fsp3) is 0. The first-order valence-corrected chi connectivity index (χ1v) is 9.80. The van der Waals surface area contributed by atoms with E-state index in [9.17, 15) is 20.0 Å². The second-order valence-electron chi connectivity index (χ2n) is 5.87. The number of amides is 1. The molecule has 0 atom stereocenters. The summed E-state index contributed by atoms with van der Waals surface area (Å²) < 4.78 is 0.814. The minimum Gasteiger partial charge on any atom is -0.506 e. The van der Waals surface area contributed by atoms with Gasteiger partial charge in [0.05, 0.1) is 20.8 Å². The Hall–Kier alpha value is -3.04. The van der Waals surface area contributed by atoms with Crippen LogP contribution in [0.25, 0.3) is 0 Å². The summed E-state index contributed by atoms with van der Waals surface area (Å²) in [5.74, 6) is -0.390. The van der Waals surface area contributed by atoms with Crippen LogP contribution in [0.15, 0.2) is 74.6 Å². The number of nitro benzene ring substituents is 1. The molecule has 0 aliphatic heterocycles. The Labute approximate surface area is 182 Å². The number of hydrogen-bond donors (Lipinski definition) is 2. The van der Waals surface area contributed by atoms with Gasteiger partial charge in [0.25, 0.3) is 11.6 Å². The molecule has 0 radical (unpaired) electrons. The molecule has 29 heavy (non-hydrogen) atoms. The van der Waals surface area contributed by atoms with Crippen molar-refractivity contribution in [3.63, 3.8) is 0 Å². The van der Waals surface area contributed by atoms with Gasteiger partial charge in [-0.2, -0.15) is 0 Å². The lowest BCUT2D eigenvalue weighted by Crippen LogP contribution is -2.11. The maximum atomic E-state index is 12.3. The molecule has 0 spiro atoms. The fourth-order valence-corrected chi connectivity index (χ4v) is 3.35. The van der Waals surface area contributed by atoms with E-state index >= 15 is 0 Å². The number of rotatable bonds is 5. The molecule has 3 rings (SSSR count). The first kappa shape index (κ1) is 20.7. The van der Waals surface area contributed by atoms with Crippen LogP contribution < -0.4 is 5.32 Å². The van der Waals surface area contributed by atoms with Crippen LogP contribution in [0.1, 0.15) is 15.9 Å². The predicted molar refractivity (Wildman–Crippen MR) is 118 cm³/mol. The van der Waals surface area contributed by atoms with Gasteiger partial charge in [0.1, 0.15) is 5.75 Å². The van der Waals surface area contributed by atoms with Crippen LogP contribution in [-0.4, -0.2) is 22.2 Å². The number of carbonyl (C=O) groups excluding carboxylic acids is 1. The summed E-state index contributed by atoms with van der Waals surface area (Å²) >= 11 is 6.49. The van der Waals surface area contributed by atoms with E-state index in [4.69, 9.17) is 0 Å². The highest BCUT2D eigenvalue weighted by Gasteiger charge is 2.14. The summed E-state index contributed by atoms with van der Waals surface area (Å²) in [5, 5.41) is 23.9. The number of benzene rings is 3. The zero-order valence-corrected chi connectivity index (χ0v) is 17.8. The Bertz CT molecular complexity index is 1120. The van der Waals surface area contributed by atoms with Crippen LogP contribution in [-0.2, 0) is 0 Å².